The molecule has 1 heterocycles. The molecule has 0 aliphatic heterocycles. The number of hydrogen-bond donors (Lipinski definition) is 0. The van der Waals surface area contributed by atoms with Gasteiger partial charge in [0.05, 0.1) is 19.9 Å². The SMILES string of the molecule is CC.COC(=O)OCc1c(C)cccc1C.COC(=O)OCc1ccccn1. The van der Waals surface area contributed by atoms with Gasteiger partial charge in [-0.05, 0) is 42.7 Å². The molecule has 0 radical (unpaired) electrons. The van der Waals surface area contributed by atoms with Gasteiger partial charge in [0, 0.05) is 6.20 Å². The number of carbonyl (C=O) groups is 2. The number of ether oxygens (including phenoxy) is 4. The third kappa shape index (κ3) is 10.2. The zero-order valence-corrected chi connectivity index (χ0v) is 17.4. The summed E-state index contributed by atoms with van der Waals surface area (Å²) in [4.78, 5) is 25.2. The van der Waals surface area contributed by atoms with Crippen LogP contribution in [0.1, 0.15) is 36.2 Å². The number of rotatable bonds is 4. The van der Waals surface area contributed by atoms with Crippen molar-refractivity contribution in [3.8, 4) is 0 Å². The van der Waals surface area contributed by atoms with E-state index in [0.29, 0.717) is 5.69 Å². The van der Waals surface area contributed by atoms with Gasteiger partial charge < -0.3 is 18.9 Å². The molecule has 2 rings (SSSR count). The van der Waals surface area contributed by atoms with E-state index in [9.17, 15) is 9.59 Å². The molecule has 154 valence electrons. The van der Waals surface area contributed by atoms with Gasteiger partial charge in [-0.15, -0.1) is 0 Å². The second-order valence-electron chi connectivity index (χ2n) is 5.18. The van der Waals surface area contributed by atoms with Gasteiger partial charge in [0.2, 0.25) is 0 Å². The van der Waals surface area contributed by atoms with Crippen LogP contribution in [0.15, 0.2) is 42.6 Å². The van der Waals surface area contributed by atoms with Crippen molar-refractivity contribution in [3.63, 3.8) is 0 Å². The van der Waals surface area contributed by atoms with Crippen molar-refractivity contribution in [1.82, 2.24) is 4.98 Å². The van der Waals surface area contributed by atoms with Gasteiger partial charge >= 0.3 is 12.3 Å². The minimum atomic E-state index is -0.694. The maximum atomic E-state index is 10.8. The van der Waals surface area contributed by atoms with E-state index in [1.807, 2.05) is 52.0 Å². The molecule has 0 fully saturated rings. The molecule has 2 aromatic rings. The lowest BCUT2D eigenvalue weighted by Crippen LogP contribution is -2.06. The third-order valence-corrected chi connectivity index (χ3v) is 3.38. The molecule has 7 heteroatoms. The lowest BCUT2D eigenvalue weighted by Gasteiger charge is -2.09. The Hall–Kier alpha value is -3.09. The zero-order chi connectivity index (χ0) is 21.4. The van der Waals surface area contributed by atoms with Crippen molar-refractivity contribution < 1.29 is 28.5 Å². The van der Waals surface area contributed by atoms with E-state index >= 15 is 0 Å². The Morgan fingerprint density at radius 3 is 1.82 bits per heavy atom. The molecule has 1 aromatic carbocycles. The van der Waals surface area contributed by atoms with Gasteiger partial charge in [0.15, 0.2) is 0 Å². The molecule has 0 aliphatic carbocycles. The van der Waals surface area contributed by atoms with Crippen LogP contribution in [0, 0.1) is 13.8 Å². The van der Waals surface area contributed by atoms with Crippen LogP contribution in [0.2, 0.25) is 0 Å². The molecule has 0 amide bonds. The van der Waals surface area contributed by atoms with E-state index in [4.69, 9.17) is 4.74 Å². The van der Waals surface area contributed by atoms with Crippen LogP contribution in [-0.2, 0) is 32.2 Å². The van der Waals surface area contributed by atoms with Gasteiger partial charge in [-0.25, -0.2) is 9.59 Å². The highest BCUT2D eigenvalue weighted by Gasteiger charge is 2.06. The fraction of sp³-hybridized carbons (Fsp3) is 0.381. The topological polar surface area (TPSA) is 84.0 Å². The minimum absolute atomic E-state index is 0.146. The summed E-state index contributed by atoms with van der Waals surface area (Å²) in [7, 11) is 2.56. The number of nitrogens with zero attached hydrogens (tertiary/aromatic N) is 1. The molecular weight excluding hydrogens is 362 g/mol. The first kappa shape index (κ1) is 24.9. The molecule has 28 heavy (non-hydrogen) atoms. The second kappa shape index (κ2) is 15.0. The van der Waals surface area contributed by atoms with Crippen LogP contribution >= 0.6 is 0 Å². The normalized spacial score (nSPS) is 8.93. The molecule has 0 unspecified atom stereocenters. The summed E-state index contributed by atoms with van der Waals surface area (Å²) in [5.41, 5.74) is 3.98. The van der Waals surface area contributed by atoms with Gasteiger partial charge in [-0.2, -0.15) is 0 Å². The molecule has 0 aliphatic rings. The van der Waals surface area contributed by atoms with Crippen LogP contribution in [0.4, 0.5) is 9.59 Å². The molecule has 0 saturated heterocycles. The highest BCUT2D eigenvalue weighted by molar-refractivity contribution is 5.60. The molecule has 1 aromatic heterocycles. The fourth-order valence-corrected chi connectivity index (χ4v) is 1.94. The maximum absolute atomic E-state index is 10.8. The van der Waals surface area contributed by atoms with Crippen molar-refractivity contribution in [2.75, 3.05) is 14.2 Å². The molecule has 0 N–H and O–H groups in total. The number of hydrogen-bond acceptors (Lipinski definition) is 7. The fourth-order valence-electron chi connectivity index (χ4n) is 1.94. The van der Waals surface area contributed by atoms with Crippen LogP contribution < -0.4 is 0 Å². The van der Waals surface area contributed by atoms with E-state index in [1.54, 1.807) is 18.3 Å². The quantitative estimate of drug-likeness (QED) is 0.680. The third-order valence-electron chi connectivity index (χ3n) is 3.38. The minimum Gasteiger partial charge on any atom is -0.438 e. The van der Waals surface area contributed by atoms with E-state index in [-0.39, 0.29) is 13.2 Å². The van der Waals surface area contributed by atoms with Gasteiger partial charge in [-0.3, -0.25) is 4.98 Å². The molecule has 0 saturated carbocycles. The second-order valence-corrected chi connectivity index (χ2v) is 5.18. The predicted molar refractivity (Wildman–Crippen MR) is 106 cm³/mol. The maximum Gasteiger partial charge on any atom is 0.508 e. The van der Waals surface area contributed by atoms with Crippen molar-refractivity contribution in [1.29, 1.82) is 0 Å². The van der Waals surface area contributed by atoms with Gasteiger partial charge in [0.25, 0.3) is 0 Å². The number of aromatic nitrogens is 1. The smallest absolute Gasteiger partial charge is 0.438 e. The first-order valence-electron chi connectivity index (χ1n) is 8.84. The number of aryl methyl sites for hydroxylation is 2. The molecule has 0 bridgehead atoms. The van der Waals surface area contributed by atoms with Crippen molar-refractivity contribution in [2.24, 2.45) is 0 Å². The van der Waals surface area contributed by atoms with Crippen LogP contribution in [0.5, 0.6) is 0 Å². The Morgan fingerprint density at radius 1 is 0.821 bits per heavy atom. The summed E-state index contributed by atoms with van der Waals surface area (Å²) in [5.74, 6) is 0. The van der Waals surface area contributed by atoms with E-state index in [0.717, 1.165) is 16.7 Å². The summed E-state index contributed by atoms with van der Waals surface area (Å²) in [6.07, 6.45) is 0.295. The largest absolute Gasteiger partial charge is 0.508 e. The summed E-state index contributed by atoms with van der Waals surface area (Å²) >= 11 is 0. The Labute approximate surface area is 166 Å². The highest BCUT2D eigenvalue weighted by atomic mass is 16.7. The molecule has 7 nitrogen and oxygen atoms in total. The van der Waals surface area contributed by atoms with E-state index in [2.05, 4.69) is 19.2 Å². The Morgan fingerprint density at radius 2 is 1.36 bits per heavy atom. The summed E-state index contributed by atoms with van der Waals surface area (Å²) in [6, 6.07) is 11.3. The highest BCUT2D eigenvalue weighted by Crippen LogP contribution is 2.14. The number of carbonyl (C=O) groups excluding carboxylic acids is 2. The first-order chi connectivity index (χ1) is 13.5. The average molecular weight is 391 g/mol. The van der Waals surface area contributed by atoms with Crippen LogP contribution in [0.3, 0.4) is 0 Å². The van der Waals surface area contributed by atoms with Crippen molar-refractivity contribution >= 4 is 12.3 Å². The zero-order valence-electron chi connectivity index (χ0n) is 17.4. The molecular formula is C21H29NO6. The average Bonchev–Trinajstić information content (AvgIpc) is 2.74. The lowest BCUT2D eigenvalue weighted by atomic mass is 10.0. The standard InChI is InChI=1S/C11H14O3.C8H9NO3.C2H6/c1-8-5-4-6-9(2)10(8)7-14-11(12)13-3;1-11-8(10)12-6-7-4-2-3-5-9-7;1-2/h4-6H,7H2,1-3H3;2-5H,6H2,1H3;1-2H3. The molecule has 0 spiro atoms. The molecule has 0 atom stereocenters. The van der Waals surface area contributed by atoms with E-state index in [1.165, 1.54) is 14.2 Å². The number of benzene rings is 1. The number of methoxy groups -OCH3 is 2. The van der Waals surface area contributed by atoms with E-state index < -0.39 is 12.3 Å². The van der Waals surface area contributed by atoms with Crippen LogP contribution in [-0.4, -0.2) is 31.5 Å². The Bertz CT molecular complexity index is 683. The summed E-state index contributed by atoms with van der Waals surface area (Å²) in [6.45, 7) is 8.39. The van der Waals surface area contributed by atoms with Crippen molar-refractivity contribution in [2.45, 2.75) is 40.9 Å². The Balaban J connectivity index is 0.000000483. The number of pyridine rings is 1. The van der Waals surface area contributed by atoms with Gasteiger partial charge in [0.1, 0.15) is 13.2 Å². The predicted octanol–water partition coefficient (Wildman–Crippen LogP) is 4.98. The van der Waals surface area contributed by atoms with Crippen molar-refractivity contribution in [3.05, 3.63) is 65.0 Å². The monoisotopic (exact) mass is 391 g/mol. The summed E-state index contributed by atoms with van der Waals surface area (Å²) < 4.78 is 18.2. The summed E-state index contributed by atoms with van der Waals surface area (Å²) in [5, 5.41) is 0. The first-order valence-corrected chi connectivity index (χ1v) is 8.84. The lowest BCUT2D eigenvalue weighted by molar-refractivity contribution is 0.0654. The van der Waals surface area contributed by atoms with Crippen LogP contribution in [0.25, 0.3) is 0 Å². The van der Waals surface area contributed by atoms with Gasteiger partial charge in [-0.1, -0.05) is 38.1 Å². The Kier molecular flexibility index (Phi) is 13.4.